The molecule has 1 rings (SSSR count). The fourth-order valence-corrected chi connectivity index (χ4v) is 0.977. The lowest BCUT2D eigenvalue weighted by atomic mass is 10.8. The molecule has 1 aromatic heterocycles. The molecule has 0 unspecified atom stereocenters. The van der Waals surface area contributed by atoms with E-state index in [4.69, 9.17) is 0 Å². The summed E-state index contributed by atoms with van der Waals surface area (Å²) in [6.07, 6.45) is 1.31. The highest BCUT2D eigenvalue weighted by Crippen LogP contribution is 2.09. The summed E-state index contributed by atoms with van der Waals surface area (Å²) in [5.74, 6) is 0.294. The molecule has 13 heavy (non-hydrogen) atoms. The lowest BCUT2D eigenvalue weighted by molar-refractivity contribution is 0.167. The number of H-pyrrole nitrogens is 1. The summed E-state index contributed by atoms with van der Waals surface area (Å²) >= 11 is 1.38. The van der Waals surface area contributed by atoms with Crippen LogP contribution in [0, 0.1) is 0 Å². The molecule has 0 fully saturated rings. The Bertz CT molecular complexity index is 288. The molecule has 7 heteroatoms. The van der Waals surface area contributed by atoms with Crippen molar-refractivity contribution in [3.8, 4) is 0 Å². The number of aromatic amines is 1. The van der Waals surface area contributed by atoms with Gasteiger partial charge in [0.25, 0.3) is 0 Å². The molecule has 0 aliphatic carbocycles. The van der Waals surface area contributed by atoms with Crippen molar-refractivity contribution >= 4 is 23.8 Å². The second-order valence-electron chi connectivity index (χ2n) is 2.02. The molecule has 0 aliphatic heterocycles. The van der Waals surface area contributed by atoms with Crippen LogP contribution in [0.25, 0.3) is 0 Å². The number of carbonyl (C=O) groups excluding carboxylic acids is 1. The van der Waals surface area contributed by atoms with Gasteiger partial charge in [-0.15, -0.1) is 5.10 Å². The second kappa shape index (κ2) is 4.70. The third-order valence-electron chi connectivity index (χ3n) is 1.14. The number of nitrogens with zero attached hydrogens (tertiary/aromatic N) is 2. The summed E-state index contributed by atoms with van der Waals surface area (Å²) < 4.78 is 4.64. The third kappa shape index (κ3) is 2.94. The first kappa shape index (κ1) is 9.85. The number of hydrogen-bond acceptors (Lipinski definition) is 5. The van der Waals surface area contributed by atoms with E-state index in [-0.39, 0.29) is 0 Å². The summed E-state index contributed by atoms with van der Waals surface area (Å²) in [6, 6.07) is 0. The second-order valence-corrected chi connectivity index (χ2v) is 2.79. The molecular weight excluding hydrogens is 192 g/mol. The minimum Gasteiger partial charge on any atom is -0.450 e. The van der Waals surface area contributed by atoms with Crippen molar-refractivity contribution in [1.29, 1.82) is 0 Å². The van der Waals surface area contributed by atoms with Crippen LogP contribution in [0.3, 0.4) is 0 Å². The Morgan fingerprint density at radius 1 is 1.77 bits per heavy atom. The molecule has 0 bridgehead atoms. The maximum atomic E-state index is 10.9. The van der Waals surface area contributed by atoms with Crippen molar-refractivity contribution in [3.63, 3.8) is 0 Å². The number of aromatic nitrogens is 3. The number of carbonyl (C=O) groups is 1. The zero-order valence-electron chi connectivity index (χ0n) is 7.33. The third-order valence-corrected chi connectivity index (χ3v) is 1.69. The molecule has 0 aliphatic rings. The molecule has 0 saturated heterocycles. The van der Waals surface area contributed by atoms with Gasteiger partial charge >= 0.3 is 6.09 Å². The van der Waals surface area contributed by atoms with Crippen molar-refractivity contribution < 1.29 is 9.53 Å². The van der Waals surface area contributed by atoms with Gasteiger partial charge in [0, 0.05) is 0 Å². The van der Waals surface area contributed by atoms with Gasteiger partial charge in [0.1, 0.15) is 0 Å². The van der Waals surface area contributed by atoms with Crippen LogP contribution in [-0.4, -0.2) is 34.1 Å². The number of hydrogen-bond donors (Lipinski definition) is 2. The van der Waals surface area contributed by atoms with E-state index in [0.717, 1.165) is 0 Å². The lowest BCUT2D eigenvalue weighted by Crippen LogP contribution is -2.14. The highest BCUT2D eigenvalue weighted by atomic mass is 32.2. The van der Waals surface area contributed by atoms with Gasteiger partial charge in [0.05, 0.1) is 6.61 Å². The molecule has 1 aromatic rings. The Balaban J connectivity index is 2.49. The quantitative estimate of drug-likeness (QED) is 0.717. The molecule has 0 aromatic carbocycles. The topological polar surface area (TPSA) is 79.9 Å². The van der Waals surface area contributed by atoms with Crippen molar-refractivity contribution in [2.75, 3.05) is 18.2 Å². The van der Waals surface area contributed by atoms with E-state index >= 15 is 0 Å². The van der Waals surface area contributed by atoms with E-state index in [9.17, 15) is 4.79 Å². The number of thioether (sulfide) groups is 1. The van der Waals surface area contributed by atoms with E-state index in [1.54, 1.807) is 6.92 Å². The van der Waals surface area contributed by atoms with E-state index < -0.39 is 6.09 Å². The highest BCUT2D eigenvalue weighted by Gasteiger charge is 2.05. The van der Waals surface area contributed by atoms with Crippen LogP contribution in [0.15, 0.2) is 5.16 Å². The Hall–Kier alpha value is -1.24. The van der Waals surface area contributed by atoms with E-state index in [0.29, 0.717) is 17.7 Å². The molecule has 0 saturated carbocycles. The highest BCUT2D eigenvalue weighted by molar-refractivity contribution is 7.98. The van der Waals surface area contributed by atoms with Crippen molar-refractivity contribution in [2.45, 2.75) is 12.1 Å². The van der Waals surface area contributed by atoms with Crippen LogP contribution in [0.5, 0.6) is 0 Å². The Morgan fingerprint density at radius 2 is 2.54 bits per heavy atom. The minimum absolute atomic E-state index is 0.294. The minimum atomic E-state index is -0.536. The maximum Gasteiger partial charge on any atom is 0.413 e. The molecule has 72 valence electrons. The molecule has 6 nitrogen and oxygen atoms in total. The fraction of sp³-hybridized carbons (Fsp3) is 0.500. The summed E-state index contributed by atoms with van der Waals surface area (Å²) in [4.78, 5) is 14.8. The molecule has 0 atom stereocenters. The summed E-state index contributed by atoms with van der Waals surface area (Å²) in [7, 11) is 0. The first-order valence-corrected chi connectivity index (χ1v) is 4.89. The van der Waals surface area contributed by atoms with Crippen molar-refractivity contribution in [1.82, 2.24) is 15.2 Å². The van der Waals surface area contributed by atoms with Crippen LogP contribution in [0.4, 0.5) is 10.7 Å². The number of anilines is 1. The SMILES string of the molecule is CCOC(=O)Nc1nc(SC)n[nH]1. The van der Waals surface area contributed by atoms with Gasteiger partial charge in [-0.2, -0.15) is 4.98 Å². The van der Waals surface area contributed by atoms with Crippen LogP contribution in [0.2, 0.25) is 0 Å². The Kier molecular flexibility index (Phi) is 3.56. The summed E-state index contributed by atoms with van der Waals surface area (Å²) in [6.45, 7) is 2.06. The summed E-state index contributed by atoms with van der Waals surface area (Å²) in [5, 5.41) is 9.33. The molecule has 0 spiro atoms. The number of ether oxygens (including phenoxy) is 1. The molecule has 1 heterocycles. The van der Waals surface area contributed by atoms with E-state index in [2.05, 4.69) is 25.2 Å². The van der Waals surface area contributed by atoms with Crippen LogP contribution in [0.1, 0.15) is 6.92 Å². The van der Waals surface area contributed by atoms with Gasteiger partial charge < -0.3 is 4.74 Å². The van der Waals surface area contributed by atoms with Crippen LogP contribution in [-0.2, 0) is 4.74 Å². The molecular formula is C6H10N4O2S. The predicted molar refractivity (Wildman–Crippen MR) is 48.8 cm³/mol. The van der Waals surface area contributed by atoms with Gasteiger partial charge in [-0.3, -0.25) is 5.32 Å². The average molecular weight is 202 g/mol. The zero-order chi connectivity index (χ0) is 9.68. The standard InChI is InChI=1S/C6H10N4O2S/c1-3-12-6(11)8-4-7-5(13-2)10-9-4/h3H2,1-2H3,(H2,7,8,9,10,11). The van der Waals surface area contributed by atoms with E-state index in [1.165, 1.54) is 11.8 Å². The van der Waals surface area contributed by atoms with Crippen LogP contribution >= 0.6 is 11.8 Å². The first-order chi connectivity index (χ1) is 6.26. The Morgan fingerprint density at radius 3 is 3.08 bits per heavy atom. The van der Waals surface area contributed by atoms with Gasteiger partial charge in [0.15, 0.2) is 0 Å². The largest absolute Gasteiger partial charge is 0.450 e. The first-order valence-electron chi connectivity index (χ1n) is 3.66. The van der Waals surface area contributed by atoms with Gasteiger partial charge in [-0.1, -0.05) is 11.8 Å². The van der Waals surface area contributed by atoms with Gasteiger partial charge in [-0.05, 0) is 13.2 Å². The van der Waals surface area contributed by atoms with Crippen LogP contribution < -0.4 is 5.32 Å². The monoisotopic (exact) mass is 202 g/mol. The normalized spacial score (nSPS) is 9.69. The van der Waals surface area contributed by atoms with E-state index in [1.807, 2.05) is 6.26 Å². The molecule has 0 radical (unpaired) electrons. The Labute approximate surface area is 79.5 Å². The fourth-order valence-electron chi connectivity index (χ4n) is 0.657. The van der Waals surface area contributed by atoms with Crippen molar-refractivity contribution in [2.24, 2.45) is 0 Å². The smallest absolute Gasteiger partial charge is 0.413 e. The van der Waals surface area contributed by atoms with Gasteiger partial charge in [0.2, 0.25) is 11.1 Å². The number of amides is 1. The number of rotatable bonds is 3. The zero-order valence-corrected chi connectivity index (χ0v) is 8.14. The predicted octanol–water partition coefficient (Wildman–Crippen LogP) is 1.09. The van der Waals surface area contributed by atoms with Crippen molar-refractivity contribution in [3.05, 3.63) is 0 Å². The average Bonchev–Trinajstić information content (AvgIpc) is 2.52. The van der Waals surface area contributed by atoms with Gasteiger partial charge in [-0.25, -0.2) is 9.89 Å². The lowest BCUT2D eigenvalue weighted by Gasteiger charge is -1.99. The molecule has 2 N–H and O–H groups in total. The molecule has 1 amide bonds. The summed E-state index contributed by atoms with van der Waals surface area (Å²) in [5.41, 5.74) is 0. The maximum absolute atomic E-state index is 10.9. The number of nitrogens with one attached hydrogen (secondary N) is 2.